The van der Waals surface area contributed by atoms with Gasteiger partial charge in [-0.1, -0.05) is 18.2 Å². The van der Waals surface area contributed by atoms with Gasteiger partial charge in [-0.2, -0.15) is 0 Å². The van der Waals surface area contributed by atoms with Crippen LogP contribution in [0, 0.1) is 11.6 Å². The highest BCUT2D eigenvalue weighted by molar-refractivity contribution is 6.63. The molecule has 0 aromatic heterocycles. The summed E-state index contributed by atoms with van der Waals surface area (Å²) in [5, 5.41) is 0. The Kier molecular flexibility index (Phi) is 4.60. The molecule has 0 N–H and O–H groups in total. The van der Waals surface area contributed by atoms with Crippen molar-refractivity contribution in [2.45, 2.75) is 45.5 Å². The number of hydrogen-bond donors (Lipinski definition) is 0. The molecule has 0 aliphatic carbocycles. The van der Waals surface area contributed by atoms with Crippen LogP contribution in [-0.2, 0) is 15.9 Å². The van der Waals surface area contributed by atoms with E-state index in [1.54, 1.807) is 6.07 Å². The van der Waals surface area contributed by atoms with Gasteiger partial charge in [0.1, 0.15) is 24.0 Å². The maximum atomic E-state index is 13.8. The molecule has 3 rings (SSSR count). The summed E-state index contributed by atoms with van der Waals surface area (Å²) in [6.45, 7) is 7.80. The molecule has 1 heterocycles. The van der Waals surface area contributed by atoms with Crippen molar-refractivity contribution < 1.29 is 22.8 Å². The van der Waals surface area contributed by atoms with Gasteiger partial charge in [0.05, 0.1) is 11.2 Å². The van der Waals surface area contributed by atoms with Crippen LogP contribution in [0.1, 0.15) is 33.3 Å². The third-order valence-corrected chi connectivity index (χ3v) is 4.82. The van der Waals surface area contributed by atoms with E-state index in [0.29, 0.717) is 5.75 Å². The van der Waals surface area contributed by atoms with Crippen molar-refractivity contribution in [2.24, 2.45) is 0 Å². The first-order valence-electron chi connectivity index (χ1n) is 8.21. The molecule has 0 spiro atoms. The van der Waals surface area contributed by atoms with E-state index in [0.717, 1.165) is 23.7 Å². The predicted octanol–water partition coefficient (Wildman–Crippen LogP) is 3.84. The molecule has 1 aliphatic heterocycles. The van der Waals surface area contributed by atoms with Gasteiger partial charge in [0, 0.05) is 11.0 Å². The molecule has 2 aromatic rings. The minimum atomic E-state index is -0.585. The number of para-hydroxylation sites is 1. The molecule has 0 radical (unpaired) electrons. The lowest BCUT2D eigenvalue weighted by Crippen LogP contribution is -2.41. The highest BCUT2D eigenvalue weighted by Crippen LogP contribution is 2.37. The molecule has 1 fully saturated rings. The third-order valence-electron chi connectivity index (χ3n) is 4.82. The molecule has 0 amide bonds. The fourth-order valence-electron chi connectivity index (χ4n) is 2.59. The Morgan fingerprint density at radius 3 is 2.28 bits per heavy atom. The van der Waals surface area contributed by atoms with Crippen LogP contribution in [-0.4, -0.2) is 18.3 Å². The van der Waals surface area contributed by atoms with Gasteiger partial charge in [-0.15, -0.1) is 0 Å². The number of benzene rings is 2. The third kappa shape index (κ3) is 3.55. The van der Waals surface area contributed by atoms with Gasteiger partial charge >= 0.3 is 7.12 Å². The molecule has 25 heavy (non-hydrogen) atoms. The van der Waals surface area contributed by atoms with Gasteiger partial charge in [0.15, 0.2) is 0 Å². The number of hydrogen-bond acceptors (Lipinski definition) is 3. The van der Waals surface area contributed by atoms with E-state index in [1.165, 1.54) is 0 Å². The number of rotatable bonds is 4. The SMILES string of the molecule is CC1(C)OB(c2ccccc2OCc2cc(F)ccc2F)OC1(C)C. The van der Waals surface area contributed by atoms with Crippen LogP contribution in [0.25, 0.3) is 0 Å². The second-order valence-corrected chi connectivity index (χ2v) is 7.15. The molecule has 3 nitrogen and oxygen atoms in total. The molecular weight excluding hydrogens is 325 g/mol. The van der Waals surface area contributed by atoms with Crippen LogP contribution in [0.4, 0.5) is 8.78 Å². The van der Waals surface area contributed by atoms with E-state index in [4.69, 9.17) is 14.0 Å². The molecule has 2 aromatic carbocycles. The van der Waals surface area contributed by atoms with Crippen molar-refractivity contribution >= 4 is 12.6 Å². The lowest BCUT2D eigenvalue weighted by atomic mass is 9.78. The number of halogens is 2. The summed E-state index contributed by atoms with van der Waals surface area (Å²) in [7, 11) is -0.585. The maximum absolute atomic E-state index is 13.8. The first-order chi connectivity index (χ1) is 11.7. The largest absolute Gasteiger partial charge is 0.498 e. The van der Waals surface area contributed by atoms with E-state index >= 15 is 0 Å². The summed E-state index contributed by atoms with van der Waals surface area (Å²) < 4.78 is 44.9. The van der Waals surface area contributed by atoms with Gasteiger partial charge in [0.2, 0.25) is 0 Å². The summed E-state index contributed by atoms with van der Waals surface area (Å²) in [5.74, 6) is -0.488. The van der Waals surface area contributed by atoms with Crippen molar-refractivity contribution in [2.75, 3.05) is 0 Å². The van der Waals surface area contributed by atoms with Crippen molar-refractivity contribution in [1.29, 1.82) is 0 Å². The Hall–Kier alpha value is -1.92. The zero-order valence-corrected chi connectivity index (χ0v) is 14.8. The first kappa shape index (κ1) is 17.9. The fourth-order valence-corrected chi connectivity index (χ4v) is 2.59. The molecule has 0 atom stereocenters. The molecule has 0 bridgehead atoms. The van der Waals surface area contributed by atoms with Crippen LogP contribution in [0.15, 0.2) is 42.5 Å². The Morgan fingerprint density at radius 1 is 0.960 bits per heavy atom. The average Bonchev–Trinajstić information content (AvgIpc) is 2.76. The highest BCUT2D eigenvalue weighted by Gasteiger charge is 2.52. The number of ether oxygens (including phenoxy) is 1. The van der Waals surface area contributed by atoms with Gasteiger partial charge in [0.25, 0.3) is 0 Å². The second kappa shape index (κ2) is 6.43. The molecule has 0 saturated carbocycles. The lowest BCUT2D eigenvalue weighted by molar-refractivity contribution is 0.00578. The van der Waals surface area contributed by atoms with Crippen molar-refractivity contribution in [3.05, 3.63) is 59.7 Å². The van der Waals surface area contributed by atoms with Crippen molar-refractivity contribution in [3.63, 3.8) is 0 Å². The second-order valence-electron chi connectivity index (χ2n) is 7.15. The van der Waals surface area contributed by atoms with Crippen molar-refractivity contribution in [1.82, 2.24) is 0 Å². The molecule has 132 valence electrons. The summed E-state index contributed by atoms with van der Waals surface area (Å²) in [5.41, 5.74) is -0.0690. The molecule has 1 saturated heterocycles. The van der Waals surface area contributed by atoms with Crippen LogP contribution in [0.5, 0.6) is 5.75 Å². The minimum absolute atomic E-state index is 0.0832. The Balaban J connectivity index is 1.82. The minimum Gasteiger partial charge on any atom is -0.489 e. The van der Waals surface area contributed by atoms with Crippen molar-refractivity contribution in [3.8, 4) is 5.75 Å². The van der Waals surface area contributed by atoms with Crippen LogP contribution < -0.4 is 10.2 Å². The topological polar surface area (TPSA) is 27.7 Å². The molecular formula is C19H21BF2O3. The standard InChI is InChI=1S/C19H21BF2O3/c1-18(2)19(3,4)25-20(24-18)15-7-5-6-8-17(15)23-12-13-11-14(21)9-10-16(13)22/h5-11H,12H2,1-4H3. The normalized spacial score (nSPS) is 18.4. The van der Waals surface area contributed by atoms with Crippen LogP contribution in [0.3, 0.4) is 0 Å². The molecule has 6 heteroatoms. The van der Waals surface area contributed by atoms with Gasteiger partial charge in [-0.3, -0.25) is 0 Å². The van der Waals surface area contributed by atoms with Crippen LogP contribution >= 0.6 is 0 Å². The highest BCUT2D eigenvalue weighted by atomic mass is 19.1. The van der Waals surface area contributed by atoms with E-state index < -0.39 is 30.0 Å². The van der Waals surface area contributed by atoms with E-state index in [9.17, 15) is 8.78 Å². The molecule has 1 aliphatic rings. The lowest BCUT2D eigenvalue weighted by Gasteiger charge is -2.32. The van der Waals surface area contributed by atoms with E-state index in [1.807, 2.05) is 45.9 Å². The van der Waals surface area contributed by atoms with E-state index in [2.05, 4.69) is 0 Å². The zero-order chi connectivity index (χ0) is 18.2. The monoisotopic (exact) mass is 346 g/mol. The summed E-state index contributed by atoms with van der Waals surface area (Å²) in [4.78, 5) is 0. The van der Waals surface area contributed by atoms with Crippen LogP contribution in [0.2, 0.25) is 0 Å². The van der Waals surface area contributed by atoms with Gasteiger partial charge < -0.3 is 14.0 Å². The Morgan fingerprint density at radius 2 is 1.60 bits per heavy atom. The maximum Gasteiger partial charge on any atom is 0.498 e. The molecule has 0 unspecified atom stereocenters. The quantitative estimate of drug-likeness (QED) is 0.788. The first-order valence-corrected chi connectivity index (χ1v) is 8.21. The fraction of sp³-hybridized carbons (Fsp3) is 0.368. The zero-order valence-electron chi connectivity index (χ0n) is 14.8. The average molecular weight is 346 g/mol. The summed E-state index contributed by atoms with van der Waals surface area (Å²) in [6, 6.07) is 10.6. The predicted molar refractivity (Wildman–Crippen MR) is 92.8 cm³/mol. The summed E-state index contributed by atoms with van der Waals surface area (Å²) in [6.07, 6.45) is 0. The van der Waals surface area contributed by atoms with Gasteiger partial charge in [-0.25, -0.2) is 8.78 Å². The summed E-state index contributed by atoms with van der Waals surface area (Å²) >= 11 is 0. The Labute approximate surface area is 147 Å². The smallest absolute Gasteiger partial charge is 0.489 e. The van der Waals surface area contributed by atoms with E-state index in [-0.39, 0.29) is 12.2 Å². The van der Waals surface area contributed by atoms with Gasteiger partial charge in [-0.05, 0) is 52.0 Å². The Bertz CT molecular complexity index is 761.